The fraction of sp³-hybridized carbons (Fsp3) is 0.0370. The van der Waals surface area contributed by atoms with Crippen LogP contribution in [-0.2, 0) is 0 Å². The van der Waals surface area contributed by atoms with Crippen LogP contribution >= 0.6 is 0 Å². The number of aromatic nitrogens is 3. The van der Waals surface area contributed by atoms with Crippen molar-refractivity contribution >= 4 is 22.4 Å². The van der Waals surface area contributed by atoms with Gasteiger partial charge in [-0.15, -0.1) is 6.58 Å². The molecule has 0 amide bonds. The summed E-state index contributed by atoms with van der Waals surface area (Å²) in [6.45, 7) is 4.39. The molecule has 0 saturated heterocycles. The Morgan fingerprint density at radius 2 is 1.71 bits per heavy atom. The number of para-hydroxylation sites is 1. The van der Waals surface area contributed by atoms with Gasteiger partial charge >= 0.3 is 0 Å². The zero-order valence-electron chi connectivity index (χ0n) is 18.4. The molecule has 0 aliphatic heterocycles. The van der Waals surface area contributed by atoms with Gasteiger partial charge in [-0.05, 0) is 54.1 Å². The Labute approximate surface area is 196 Å². The maximum absolute atomic E-state index is 12.8. The summed E-state index contributed by atoms with van der Waals surface area (Å²) in [4.78, 5) is 12.8. The summed E-state index contributed by atoms with van der Waals surface area (Å²) in [5.41, 5.74) is 9.86. The van der Waals surface area contributed by atoms with E-state index < -0.39 is 0 Å². The van der Waals surface area contributed by atoms with Gasteiger partial charge in [-0.2, -0.15) is 5.10 Å². The van der Waals surface area contributed by atoms with Gasteiger partial charge in [0.2, 0.25) is 0 Å². The van der Waals surface area contributed by atoms with Crippen molar-refractivity contribution in [3.63, 3.8) is 0 Å². The number of nitrogen functional groups attached to an aromatic ring is 1. The Morgan fingerprint density at radius 3 is 2.41 bits per heavy atom. The number of nitrogens with two attached hydrogens (primary N) is 1. The van der Waals surface area contributed by atoms with Gasteiger partial charge in [0.1, 0.15) is 17.0 Å². The minimum absolute atomic E-state index is 0.261. The van der Waals surface area contributed by atoms with Crippen molar-refractivity contribution in [3.05, 3.63) is 108 Å². The van der Waals surface area contributed by atoms with Crippen LogP contribution in [0, 0.1) is 0 Å². The molecular formula is C27H23N5O2. The van der Waals surface area contributed by atoms with E-state index in [-0.39, 0.29) is 11.4 Å². The maximum Gasteiger partial charge on any atom is 0.289 e. The number of H-pyrrole nitrogens is 1. The molecule has 0 aliphatic carbocycles. The molecule has 2 heterocycles. The number of hydrogen-bond donors (Lipinski definition) is 3. The lowest BCUT2D eigenvalue weighted by Crippen LogP contribution is -2.13. The lowest BCUT2D eigenvalue weighted by Gasteiger charge is -2.07. The number of nitrogens with one attached hydrogen (secondary N) is 2. The van der Waals surface area contributed by atoms with Gasteiger partial charge in [-0.25, -0.2) is 5.10 Å². The van der Waals surface area contributed by atoms with Crippen molar-refractivity contribution in [1.82, 2.24) is 14.8 Å². The highest BCUT2D eigenvalue weighted by molar-refractivity contribution is 6.02. The molecule has 0 saturated carbocycles. The minimum atomic E-state index is -0.312. The summed E-state index contributed by atoms with van der Waals surface area (Å²) < 4.78 is 7.74. The Kier molecular flexibility index (Phi) is 5.58. The minimum Gasteiger partial charge on any atom is -0.457 e. The number of benzene rings is 3. The van der Waals surface area contributed by atoms with E-state index in [0.29, 0.717) is 23.2 Å². The normalized spacial score (nSPS) is 10.8. The molecule has 0 radical (unpaired) electrons. The molecule has 4 N–H and O–H groups in total. The van der Waals surface area contributed by atoms with Gasteiger partial charge in [0, 0.05) is 29.7 Å². The first-order chi connectivity index (χ1) is 16.6. The molecule has 0 aliphatic rings. The number of aromatic amines is 1. The topological polar surface area (TPSA) is 98.0 Å². The van der Waals surface area contributed by atoms with Crippen LogP contribution < -0.4 is 21.3 Å². The van der Waals surface area contributed by atoms with Crippen LogP contribution in [0.15, 0.2) is 103 Å². The van der Waals surface area contributed by atoms with Crippen LogP contribution in [-0.4, -0.2) is 21.3 Å². The highest BCUT2D eigenvalue weighted by Gasteiger charge is 2.18. The molecule has 0 atom stereocenters. The highest BCUT2D eigenvalue weighted by Crippen LogP contribution is 2.35. The molecule has 7 nitrogen and oxygen atoms in total. The maximum atomic E-state index is 12.8. The van der Waals surface area contributed by atoms with Gasteiger partial charge in [0.25, 0.3) is 5.56 Å². The quantitative estimate of drug-likeness (QED) is 0.291. The van der Waals surface area contributed by atoms with Crippen molar-refractivity contribution in [3.8, 4) is 28.3 Å². The fourth-order valence-corrected chi connectivity index (χ4v) is 3.89. The molecule has 7 heteroatoms. The van der Waals surface area contributed by atoms with E-state index in [9.17, 15) is 4.79 Å². The number of hydrogen-bond acceptors (Lipinski definition) is 5. The molecule has 5 rings (SSSR count). The molecule has 168 valence electrons. The molecule has 5 aromatic rings. The van der Waals surface area contributed by atoms with Gasteiger partial charge in [-0.1, -0.05) is 36.4 Å². The third-order valence-corrected chi connectivity index (χ3v) is 5.49. The molecule has 0 fully saturated rings. The molecule has 3 aromatic carbocycles. The second-order valence-corrected chi connectivity index (χ2v) is 7.73. The number of ether oxygens (including phenoxy) is 1. The second kappa shape index (κ2) is 8.99. The SMILES string of the molecule is C=CCNc1ccc(-n2cc(-c3ccc(Oc4ccccc4)cc3)c3c(N)n[nH]c(=O)c32)cc1. The summed E-state index contributed by atoms with van der Waals surface area (Å²) in [6.07, 6.45) is 3.71. The average Bonchev–Trinajstić information content (AvgIpc) is 3.28. The smallest absolute Gasteiger partial charge is 0.289 e. The third kappa shape index (κ3) is 4.02. The zero-order valence-corrected chi connectivity index (χ0v) is 18.4. The van der Waals surface area contributed by atoms with Gasteiger partial charge < -0.3 is 20.4 Å². The molecule has 0 unspecified atom stereocenters. The van der Waals surface area contributed by atoms with Crippen molar-refractivity contribution in [1.29, 1.82) is 0 Å². The van der Waals surface area contributed by atoms with Gasteiger partial charge in [-0.3, -0.25) is 4.79 Å². The summed E-state index contributed by atoms with van der Waals surface area (Å²) >= 11 is 0. The number of fused-ring (bicyclic) bond motifs is 1. The predicted octanol–water partition coefficient (Wildman–Crippen LogP) is 5.35. The van der Waals surface area contributed by atoms with Crippen molar-refractivity contribution in [2.24, 2.45) is 0 Å². The van der Waals surface area contributed by atoms with Crippen LogP contribution in [0.2, 0.25) is 0 Å². The third-order valence-electron chi connectivity index (χ3n) is 5.49. The van der Waals surface area contributed by atoms with E-state index >= 15 is 0 Å². The number of anilines is 2. The summed E-state index contributed by atoms with van der Waals surface area (Å²) in [5.74, 6) is 1.74. The highest BCUT2D eigenvalue weighted by atomic mass is 16.5. The monoisotopic (exact) mass is 449 g/mol. The van der Waals surface area contributed by atoms with E-state index in [1.165, 1.54) is 0 Å². The van der Waals surface area contributed by atoms with Crippen molar-refractivity contribution in [2.75, 3.05) is 17.6 Å². The van der Waals surface area contributed by atoms with Crippen LogP contribution in [0.3, 0.4) is 0 Å². The molecule has 2 aromatic heterocycles. The van der Waals surface area contributed by atoms with Crippen LogP contribution in [0.25, 0.3) is 27.7 Å². The van der Waals surface area contributed by atoms with Crippen molar-refractivity contribution < 1.29 is 4.74 Å². The average molecular weight is 450 g/mol. The summed E-state index contributed by atoms with van der Waals surface area (Å²) in [6, 6.07) is 25.1. The van der Waals surface area contributed by atoms with E-state index in [1.807, 2.05) is 89.6 Å². The Balaban J connectivity index is 1.56. The van der Waals surface area contributed by atoms with Crippen molar-refractivity contribution in [2.45, 2.75) is 0 Å². The van der Waals surface area contributed by atoms with Gasteiger partial charge in [0.05, 0.1) is 5.39 Å². The van der Waals surface area contributed by atoms with Crippen LogP contribution in [0.1, 0.15) is 0 Å². The molecule has 34 heavy (non-hydrogen) atoms. The standard InChI is InChI=1S/C27H23N5O2/c1-2-16-29-19-10-12-20(13-11-19)32-17-23(24-25(32)27(33)31-30-26(24)28)18-8-14-22(15-9-18)34-21-6-4-3-5-7-21/h2-15,17,29H,1,16H2,(H2,28,30)(H,31,33). The Morgan fingerprint density at radius 1 is 1.00 bits per heavy atom. The zero-order chi connectivity index (χ0) is 23.5. The lowest BCUT2D eigenvalue weighted by molar-refractivity contribution is 0.483. The van der Waals surface area contributed by atoms with Gasteiger partial charge in [0.15, 0.2) is 5.82 Å². The van der Waals surface area contributed by atoms with Crippen LogP contribution in [0.4, 0.5) is 11.5 Å². The lowest BCUT2D eigenvalue weighted by atomic mass is 10.1. The summed E-state index contributed by atoms with van der Waals surface area (Å²) in [5, 5.41) is 10.4. The van der Waals surface area contributed by atoms with E-state index in [1.54, 1.807) is 6.08 Å². The fourth-order valence-electron chi connectivity index (χ4n) is 3.89. The molecule has 0 bridgehead atoms. The summed E-state index contributed by atoms with van der Waals surface area (Å²) in [7, 11) is 0. The van der Waals surface area contributed by atoms with E-state index in [2.05, 4.69) is 22.1 Å². The molecular weight excluding hydrogens is 426 g/mol. The Hall–Kier alpha value is -4.78. The first-order valence-electron chi connectivity index (χ1n) is 10.8. The first-order valence-corrected chi connectivity index (χ1v) is 10.8. The van der Waals surface area contributed by atoms with Crippen LogP contribution in [0.5, 0.6) is 11.5 Å². The van der Waals surface area contributed by atoms with E-state index in [4.69, 9.17) is 10.5 Å². The Bertz CT molecular complexity index is 1500. The number of rotatable bonds is 7. The predicted molar refractivity (Wildman–Crippen MR) is 137 cm³/mol. The second-order valence-electron chi connectivity index (χ2n) is 7.73. The molecule has 0 spiro atoms. The van der Waals surface area contributed by atoms with E-state index in [0.717, 1.165) is 28.3 Å². The largest absolute Gasteiger partial charge is 0.457 e. The number of nitrogens with zero attached hydrogens (tertiary/aromatic N) is 2. The first kappa shape index (κ1) is 21.1.